The van der Waals surface area contributed by atoms with E-state index in [-0.39, 0.29) is 0 Å². The average molecular weight is 188 g/mol. The highest BCUT2D eigenvalue weighted by Crippen LogP contribution is 2.15. The predicted octanol–water partition coefficient (Wildman–Crippen LogP) is 4.20. The molecule has 0 nitrogen and oxygen atoms in total. The van der Waals surface area contributed by atoms with Crippen LogP contribution in [-0.4, -0.2) is 0 Å². The molecular formula is C14H20. The minimum absolute atomic E-state index is 1.14. The van der Waals surface area contributed by atoms with Crippen LogP contribution >= 0.6 is 0 Å². The van der Waals surface area contributed by atoms with Crippen molar-refractivity contribution in [1.29, 1.82) is 0 Å². The minimum Gasteiger partial charge on any atom is -0.103 e. The van der Waals surface area contributed by atoms with E-state index in [2.05, 4.69) is 38.6 Å². The van der Waals surface area contributed by atoms with Crippen molar-refractivity contribution in [2.75, 3.05) is 0 Å². The molecule has 1 aromatic carbocycles. The molecule has 0 heteroatoms. The lowest BCUT2D eigenvalue weighted by Crippen LogP contribution is -1.92. The highest BCUT2D eigenvalue weighted by atomic mass is 14.0. The van der Waals surface area contributed by atoms with E-state index in [0.717, 1.165) is 6.42 Å². The van der Waals surface area contributed by atoms with Crippen LogP contribution < -0.4 is 0 Å². The Labute approximate surface area is 87.7 Å². The lowest BCUT2D eigenvalue weighted by Gasteiger charge is -2.07. The van der Waals surface area contributed by atoms with Gasteiger partial charge in [-0.25, -0.2) is 0 Å². The number of aryl methyl sites for hydroxylation is 2. The smallest absolute Gasteiger partial charge is 0.0276 e. The Balaban J connectivity index is 2.50. The van der Waals surface area contributed by atoms with Crippen LogP contribution in [0.1, 0.15) is 36.0 Å². The summed E-state index contributed by atoms with van der Waals surface area (Å²) in [6.07, 6.45) is 6.89. The Bertz CT molecular complexity index is 297. The van der Waals surface area contributed by atoms with E-state index in [4.69, 9.17) is 0 Å². The quantitative estimate of drug-likeness (QED) is 0.480. The fourth-order valence-electron chi connectivity index (χ4n) is 1.69. The van der Waals surface area contributed by atoms with Gasteiger partial charge < -0.3 is 0 Å². The maximum Gasteiger partial charge on any atom is -0.0276 e. The molecule has 0 radical (unpaired) electrons. The van der Waals surface area contributed by atoms with Crippen LogP contribution in [0.2, 0.25) is 0 Å². The van der Waals surface area contributed by atoms with E-state index < -0.39 is 0 Å². The first-order chi connectivity index (χ1) is 6.75. The second-order valence-electron chi connectivity index (χ2n) is 3.89. The summed E-state index contributed by atoms with van der Waals surface area (Å²) in [5, 5.41) is 0. The molecule has 0 fully saturated rings. The maximum absolute atomic E-state index is 3.74. The zero-order chi connectivity index (χ0) is 10.4. The monoisotopic (exact) mass is 188 g/mol. The highest BCUT2D eigenvalue weighted by molar-refractivity contribution is 5.33. The Kier molecular flexibility index (Phi) is 4.45. The lowest BCUT2D eigenvalue weighted by atomic mass is 9.99. The Morgan fingerprint density at radius 2 is 2.00 bits per heavy atom. The summed E-state index contributed by atoms with van der Waals surface area (Å²) in [6.45, 7) is 8.14. The first kappa shape index (κ1) is 11.0. The van der Waals surface area contributed by atoms with Gasteiger partial charge in [0.15, 0.2) is 0 Å². The number of hydrogen-bond acceptors (Lipinski definition) is 0. The molecular weight excluding hydrogens is 168 g/mol. The standard InChI is InChI=1S/C14H20/c1-4-5-6-7-10-14-11-8-9-12(2)13(14)3/h4,8-9,11H,1,5-7,10H2,2-3H3. The Morgan fingerprint density at radius 3 is 2.71 bits per heavy atom. The zero-order valence-electron chi connectivity index (χ0n) is 9.34. The summed E-state index contributed by atoms with van der Waals surface area (Å²) < 4.78 is 0. The van der Waals surface area contributed by atoms with Gasteiger partial charge in [0.05, 0.1) is 0 Å². The molecule has 0 N–H and O–H groups in total. The minimum atomic E-state index is 1.14. The van der Waals surface area contributed by atoms with Crippen LogP contribution in [0.15, 0.2) is 30.9 Å². The Hall–Kier alpha value is -1.04. The first-order valence-electron chi connectivity index (χ1n) is 5.41. The largest absolute Gasteiger partial charge is 0.103 e. The number of allylic oxidation sites excluding steroid dienone is 1. The van der Waals surface area contributed by atoms with E-state index in [0.29, 0.717) is 0 Å². The van der Waals surface area contributed by atoms with E-state index in [9.17, 15) is 0 Å². The fraction of sp³-hybridized carbons (Fsp3) is 0.429. The van der Waals surface area contributed by atoms with Crippen molar-refractivity contribution < 1.29 is 0 Å². The van der Waals surface area contributed by atoms with Crippen LogP contribution in [0.4, 0.5) is 0 Å². The van der Waals surface area contributed by atoms with Crippen LogP contribution in [-0.2, 0) is 6.42 Å². The molecule has 0 unspecified atom stereocenters. The molecule has 0 heterocycles. The molecule has 0 aliphatic heterocycles. The second kappa shape index (κ2) is 5.64. The first-order valence-corrected chi connectivity index (χ1v) is 5.41. The predicted molar refractivity (Wildman–Crippen MR) is 63.7 cm³/mol. The van der Waals surface area contributed by atoms with Crippen LogP contribution in [0.5, 0.6) is 0 Å². The molecule has 0 atom stereocenters. The van der Waals surface area contributed by atoms with Gasteiger partial charge in [-0.3, -0.25) is 0 Å². The average Bonchev–Trinajstić information content (AvgIpc) is 2.19. The fourth-order valence-corrected chi connectivity index (χ4v) is 1.69. The molecule has 0 saturated heterocycles. The third-order valence-electron chi connectivity index (χ3n) is 2.82. The van der Waals surface area contributed by atoms with E-state index >= 15 is 0 Å². The normalized spacial score (nSPS) is 10.1. The summed E-state index contributed by atoms with van der Waals surface area (Å²) >= 11 is 0. The molecule has 0 aliphatic rings. The van der Waals surface area contributed by atoms with Crippen LogP contribution in [0.25, 0.3) is 0 Å². The number of hydrogen-bond donors (Lipinski definition) is 0. The van der Waals surface area contributed by atoms with Gasteiger partial charge in [0, 0.05) is 0 Å². The second-order valence-corrected chi connectivity index (χ2v) is 3.89. The lowest BCUT2D eigenvalue weighted by molar-refractivity contribution is 0.745. The van der Waals surface area contributed by atoms with Gasteiger partial charge >= 0.3 is 0 Å². The summed E-state index contributed by atoms with van der Waals surface area (Å²) in [5.74, 6) is 0. The topological polar surface area (TPSA) is 0 Å². The van der Waals surface area contributed by atoms with Gasteiger partial charge in [0.25, 0.3) is 0 Å². The summed E-state index contributed by atoms with van der Waals surface area (Å²) in [7, 11) is 0. The van der Waals surface area contributed by atoms with Crippen molar-refractivity contribution in [3.8, 4) is 0 Å². The molecule has 0 bridgehead atoms. The van der Waals surface area contributed by atoms with Crippen molar-refractivity contribution in [2.45, 2.75) is 39.5 Å². The maximum atomic E-state index is 3.74. The highest BCUT2D eigenvalue weighted by Gasteiger charge is 1.99. The summed E-state index contributed by atoms with van der Waals surface area (Å²) in [4.78, 5) is 0. The van der Waals surface area contributed by atoms with Crippen molar-refractivity contribution in [3.05, 3.63) is 47.5 Å². The van der Waals surface area contributed by atoms with Gasteiger partial charge in [-0.15, -0.1) is 6.58 Å². The third-order valence-corrected chi connectivity index (χ3v) is 2.82. The van der Waals surface area contributed by atoms with Crippen molar-refractivity contribution >= 4 is 0 Å². The molecule has 0 aromatic heterocycles. The van der Waals surface area contributed by atoms with Crippen molar-refractivity contribution in [2.24, 2.45) is 0 Å². The van der Waals surface area contributed by atoms with E-state index in [1.165, 1.54) is 36.0 Å². The molecule has 76 valence electrons. The molecule has 0 spiro atoms. The number of unbranched alkanes of at least 4 members (excludes halogenated alkanes) is 2. The summed E-state index contributed by atoms with van der Waals surface area (Å²) in [5.41, 5.74) is 4.38. The van der Waals surface area contributed by atoms with E-state index in [1.54, 1.807) is 0 Å². The Morgan fingerprint density at radius 1 is 1.21 bits per heavy atom. The van der Waals surface area contributed by atoms with Gasteiger partial charge in [-0.1, -0.05) is 24.3 Å². The molecule has 1 aromatic rings. The molecule has 0 amide bonds. The van der Waals surface area contributed by atoms with Crippen LogP contribution in [0.3, 0.4) is 0 Å². The molecule has 0 saturated carbocycles. The number of benzene rings is 1. The van der Waals surface area contributed by atoms with Gasteiger partial charge in [-0.05, 0) is 56.2 Å². The molecule has 0 aliphatic carbocycles. The molecule has 14 heavy (non-hydrogen) atoms. The number of rotatable bonds is 5. The van der Waals surface area contributed by atoms with E-state index in [1.807, 2.05) is 6.08 Å². The summed E-state index contributed by atoms with van der Waals surface area (Å²) in [6, 6.07) is 6.59. The van der Waals surface area contributed by atoms with Crippen molar-refractivity contribution in [3.63, 3.8) is 0 Å². The van der Waals surface area contributed by atoms with Gasteiger partial charge in [0.2, 0.25) is 0 Å². The third kappa shape index (κ3) is 3.02. The molecule has 1 rings (SSSR count). The SMILES string of the molecule is C=CCCCCc1cccc(C)c1C. The van der Waals surface area contributed by atoms with Gasteiger partial charge in [0.1, 0.15) is 0 Å². The van der Waals surface area contributed by atoms with Crippen LogP contribution in [0, 0.1) is 13.8 Å². The van der Waals surface area contributed by atoms with Gasteiger partial charge in [-0.2, -0.15) is 0 Å². The zero-order valence-corrected chi connectivity index (χ0v) is 9.34. The van der Waals surface area contributed by atoms with Crippen molar-refractivity contribution in [1.82, 2.24) is 0 Å².